The lowest BCUT2D eigenvalue weighted by Crippen LogP contribution is -2.69. The van der Waals surface area contributed by atoms with E-state index in [4.69, 9.17) is 0 Å². The number of hydrogen-bond acceptors (Lipinski definition) is 2. The first-order chi connectivity index (χ1) is 11.0. The lowest BCUT2D eigenvalue weighted by molar-refractivity contribution is -0.0352. The van der Waals surface area contributed by atoms with Crippen molar-refractivity contribution in [2.45, 2.75) is 18.5 Å². The van der Waals surface area contributed by atoms with Crippen LogP contribution in [-0.4, -0.2) is 46.7 Å². The zero-order valence-corrected chi connectivity index (χ0v) is 13.5. The molecule has 0 atom stereocenters. The highest BCUT2D eigenvalue weighted by atomic mass is 16.4. The Labute approximate surface area is 137 Å². The van der Waals surface area contributed by atoms with Crippen molar-refractivity contribution >= 4 is 6.09 Å². The molecular formula is C19H22N2O2. The van der Waals surface area contributed by atoms with Crippen molar-refractivity contribution in [3.63, 3.8) is 0 Å². The topological polar surface area (TPSA) is 43.8 Å². The first kappa shape index (κ1) is 15.6. The van der Waals surface area contributed by atoms with Gasteiger partial charge in [-0.1, -0.05) is 60.7 Å². The molecule has 120 valence electrons. The van der Waals surface area contributed by atoms with Gasteiger partial charge in [0.05, 0.1) is 11.6 Å². The van der Waals surface area contributed by atoms with E-state index >= 15 is 0 Å². The summed E-state index contributed by atoms with van der Waals surface area (Å²) in [6.07, 6.45) is -0.872. The number of amides is 1. The maximum atomic E-state index is 11.3. The van der Waals surface area contributed by atoms with E-state index in [0.717, 1.165) is 13.1 Å². The molecule has 0 saturated carbocycles. The van der Waals surface area contributed by atoms with Gasteiger partial charge in [0.1, 0.15) is 0 Å². The molecule has 4 heteroatoms. The molecule has 1 heterocycles. The normalized spacial score (nSPS) is 16.8. The van der Waals surface area contributed by atoms with Crippen LogP contribution in [0.4, 0.5) is 4.79 Å². The van der Waals surface area contributed by atoms with Gasteiger partial charge >= 0.3 is 6.09 Å². The lowest BCUT2D eigenvalue weighted by Gasteiger charge is -2.54. The predicted molar refractivity (Wildman–Crippen MR) is 90.5 cm³/mol. The Bertz CT molecular complexity index is 627. The van der Waals surface area contributed by atoms with Gasteiger partial charge in [-0.05, 0) is 18.1 Å². The van der Waals surface area contributed by atoms with Crippen LogP contribution in [0, 0.1) is 0 Å². The minimum atomic E-state index is -0.872. The van der Waals surface area contributed by atoms with E-state index in [1.807, 2.05) is 43.3 Å². The van der Waals surface area contributed by atoms with E-state index in [1.165, 1.54) is 16.0 Å². The highest BCUT2D eigenvalue weighted by Crippen LogP contribution is 2.37. The van der Waals surface area contributed by atoms with Crippen LogP contribution in [-0.2, 0) is 0 Å². The average Bonchev–Trinajstić information content (AvgIpc) is 2.54. The van der Waals surface area contributed by atoms with Crippen LogP contribution in [0.15, 0.2) is 60.7 Å². The van der Waals surface area contributed by atoms with Crippen LogP contribution in [0.2, 0.25) is 0 Å². The molecule has 2 aromatic carbocycles. The molecule has 4 nitrogen and oxygen atoms in total. The van der Waals surface area contributed by atoms with Crippen molar-refractivity contribution in [3.8, 4) is 0 Å². The number of likely N-dealkylation sites (N-methyl/N-ethyl adjacent to an activating group) is 1. The van der Waals surface area contributed by atoms with Crippen molar-refractivity contribution < 1.29 is 9.90 Å². The molecule has 1 saturated heterocycles. The zero-order valence-electron chi connectivity index (χ0n) is 13.5. The predicted octanol–water partition coefficient (Wildman–Crippen LogP) is 3.46. The minimum absolute atomic E-state index is 0.160. The highest BCUT2D eigenvalue weighted by Gasteiger charge is 2.47. The molecule has 1 aliphatic rings. The first-order valence-corrected chi connectivity index (χ1v) is 7.82. The molecule has 1 aliphatic heterocycles. The smallest absolute Gasteiger partial charge is 0.407 e. The van der Waals surface area contributed by atoms with Crippen LogP contribution in [0.25, 0.3) is 0 Å². The zero-order chi connectivity index (χ0) is 16.4. The Hall–Kier alpha value is -2.33. The SMILES string of the molecule is CN(C(=O)O)C1(C)CN(C(c2ccccc2)c2ccccc2)C1. The molecule has 0 unspecified atom stereocenters. The number of hydrogen-bond donors (Lipinski definition) is 1. The molecule has 0 bridgehead atoms. The van der Waals surface area contributed by atoms with E-state index in [9.17, 15) is 9.90 Å². The molecule has 0 aromatic heterocycles. The van der Waals surface area contributed by atoms with E-state index in [-0.39, 0.29) is 11.6 Å². The first-order valence-electron chi connectivity index (χ1n) is 7.82. The quantitative estimate of drug-likeness (QED) is 0.940. The molecule has 1 N–H and O–H groups in total. The van der Waals surface area contributed by atoms with Gasteiger partial charge < -0.3 is 10.0 Å². The van der Waals surface area contributed by atoms with Gasteiger partial charge in [0.2, 0.25) is 0 Å². The number of carbonyl (C=O) groups is 1. The summed E-state index contributed by atoms with van der Waals surface area (Å²) in [5.74, 6) is 0. The lowest BCUT2D eigenvalue weighted by atomic mass is 9.85. The fraction of sp³-hybridized carbons (Fsp3) is 0.316. The van der Waals surface area contributed by atoms with Crippen LogP contribution >= 0.6 is 0 Å². The minimum Gasteiger partial charge on any atom is -0.465 e. The maximum absolute atomic E-state index is 11.3. The van der Waals surface area contributed by atoms with Gasteiger partial charge in [0.25, 0.3) is 0 Å². The molecule has 1 fully saturated rings. The summed E-state index contributed by atoms with van der Waals surface area (Å²) >= 11 is 0. The van der Waals surface area contributed by atoms with Crippen molar-refractivity contribution in [1.82, 2.24) is 9.80 Å². The largest absolute Gasteiger partial charge is 0.465 e. The van der Waals surface area contributed by atoms with E-state index in [2.05, 4.69) is 29.2 Å². The second kappa shape index (κ2) is 6.05. The van der Waals surface area contributed by atoms with Gasteiger partial charge in [0, 0.05) is 20.1 Å². The van der Waals surface area contributed by atoms with Gasteiger partial charge in [-0.15, -0.1) is 0 Å². The number of rotatable bonds is 4. The Balaban J connectivity index is 1.86. The van der Waals surface area contributed by atoms with Gasteiger partial charge in [0.15, 0.2) is 0 Å². The Morgan fingerprint density at radius 3 is 1.87 bits per heavy atom. The van der Waals surface area contributed by atoms with Crippen LogP contribution in [0.3, 0.4) is 0 Å². The van der Waals surface area contributed by atoms with Crippen molar-refractivity contribution in [2.75, 3.05) is 20.1 Å². The third-order valence-corrected chi connectivity index (χ3v) is 4.78. The van der Waals surface area contributed by atoms with Crippen molar-refractivity contribution in [3.05, 3.63) is 71.8 Å². The van der Waals surface area contributed by atoms with Crippen LogP contribution < -0.4 is 0 Å². The fourth-order valence-corrected chi connectivity index (χ4v) is 3.34. The summed E-state index contributed by atoms with van der Waals surface area (Å²) < 4.78 is 0. The Morgan fingerprint density at radius 2 is 1.48 bits per heavy atom. The Kier molecular flexibility index (Phi) is 4.09. The number of likely N-dealkylation sites (tertiary alicyclic amines) is 1. The summed E-state index contributed by atoms with van der Waals surface area (Å²) in [5.41, 5.74) is 2.14. The molecule has 3 rings (SSSR count). The highest BCUT2D eigenvalue weighted by molar-refractivity contribution is 5.66. The van der Waals surface area contributed by atoms with Gasteiger partial charge in [-0.2, -0.15) is 0 Å². The van der Waals surface area contributed by atoms with Crippen LogP contribution in [0.1, 0.15) is 24.1 Å². The van der Waals surface area contributed by atoms with E-state index < -0.39 is 6.09 Å². The van der Waals surface area contributed by atoms with Gasteiger partial charge in [-0.25, -0.2) is 4.79 Å². The third kappa shape index (κ3) is 2.94. The molecule has 1 amide bonds. The summed E-state index contributed by atoms with van der Waals surface area (Å²) in [4.78, 5) is 15.0. The summed E-state index contributed by atoms with van der Waals surface area (Å²) in [7, 11) is 1.65. The standard InChI is InChI=1S/C19H22N2O2/c1-19(20(2)18(22)23)13-21(14-19)17(15-9-5-3-6-10-15)16-11-7-4-8-12-16/h3-12,17H,13-14H2,1-2H3,(H,22,23). The molecular weight excluding hydrogens is 288 g/mol. The van der Waals surface area contributed by atoms with Crippen molar-refractivity contribution in [2.24, 2.45) is 0 Å². The average molecular weight is 310 g/mol. The summed E-state index contributed by atoms with van der Waals surface area (Å²) in [5, 5.41) is 9.25. The summed E-state index contributed by atoms with van der Waals surface area (Å²) in [6, 6.07) is 20.9. The third-order valence-electron chi connectivity index (χ3n) is 4.78. The number of benzene rings is 2. The van der Waals surface area contributed by atoms with Crippen molar-refractivity contribution in [1.29, 1.82) is 0 Å². The number of nitrogens with zero attached hydrogens (tertiary/aromatic N) is 2. The molecule has 2 aromatic rings. The molecule has 23 heavy (non-hydrogen) atoms. The maximum Gasteiger partial charge on any atom is 0.407 e. The van der Waals surface area contributed by atoms with E-state index in [1.54, 1.807) is 7.05 Å². The fourth-order valence-electron chi connectivity index (χ4n) is 3.34. The molecule has 0 spiro atoms. The number of carboxylic acid groups (broad SMARTS) is 1. The summed E-state index contributed by atoms with van der Waals surface area (Å²) in [6.45, 7) is 3.46. The van der Waals surface area contributed by atoms with E-state index in [0.29, 0.717) is 0 Å². The molecule has 0 radical (unpaired) electrons. The Morgan fingerprint density at radius 1 is 1.04 bits per heavy atom. The second-order valence-electron chi connectivity index (χ2n) is 6.47. The second-order valence-corrected chi connectivity index (χ2v) is 6.47. The monoisotopic (exact) mass is 310 g/mol. The van der Waals surface area contributed by atoms with Crippen LogP contribution in [0.5, 0.6) is 0 Å². The molecule has 0 aliphatic carbocycles. The van der Waals surface area contributed by atoms with Gasteiger partial charge in [-0.3, -0.25) is 4.90 Å².